The molecule has 0 saturated carbocycles. The van der Waals surface area contributed by atoms with Crippen molar-refractivity contribution in [3.63, 3.8) is 0 Å². The molecule has 0 fully saturated rings. The molecule has 0 heterocycles. The van der Waals surface area contributed by atoms with Gasteiger partial charge in [0.25, 0.3) is 0 Å². The Bertz CT molecular complexity index is 564. The second kappa shape index (κ2) is 7.46. The van der Waals surface area contributed by atoms with Gasteiger partial charge < -0.3 is 0 Å². The Kier molecular flexibility index (Phi) is 6.24. The van der Waals surface area contributed by atoms with Gasteiger partial charge in [0.2, 0.25) is 0 Å². The summed E-state index contributed by atoms with van der Waals surface area (Å²) >= 11 is 3.60. The second-order valence-electron chi connectivity index (χ2n) is 5.28. The summed E-state index contributed by atoms with van der Waals surface area (Å²) in [7, 11) is 0. The molecule has 2 nitrogen and oxygen atoms in total. The molecule has 0 radical (unpaired) electrons. The average molecular weight is 333 g/mol. The van der Waals surface area contributed by atoms with Gasteiger partial charge in [-0.3, -0.25) is 0 Å². The van der Waals surface area contributed by atoms with Crippen molar-refractivity contribution in [2.24, 2.45) is 0 Å². The highest BCUT2D eigenvalue weighted by Gasteiger charge is 2.22. The van der Waals surface area contributed by atoms with E-state index in [-0.39, 0.29) is 5.92 Å². The van der Waals surface area contributed by atoms with E-state index in [0.29, 0.717) is 12.3 Å². The first-order valence-corrected chi connectivity index (χ1v) is 7.93. The normalized spacial score (nSPS) is 13.3. The summed E-state index contributed by atoms with van der Waals surface area (Å²) in [6.07, 6.45) is 2.30. The van der Waals surface area contributed by atoms with Crippen molar-refractivity contribution in [1.29, 1.82) is 10.5 Å². The molecule has 0 aliphatic heterocycles. The van der Waals surface area contributed by atoms with Crippen LogP contribution in [-0.4, -0.2) is 0 Å². The van der Waals surface area contributed by atoms with Crippen molar-refractivity contribution in [2.45, 2.75) is 58.8 Å². The molecule has 106 valence electrons. The van der Waals surface area contributed by atoms with Gasteiger partial charge in [0.1, 0.15) is 0 Å². The Labute approximate surface area is 130 Å². The van der Waals surface area contributed by atoms with Crippen molar-refractivity contribution in [2.75, 3.05) is 0 Å². The van der Waals surface area contributed by atoms with Crippen LogP contribution in [0.2, 0.25) is 0 Å². The van der Waals surface area contributed by atoms with Crippen LogP contribution < -0.4 is 0 Å². The number of nitrogens with zero attached hydrogens (tertiary/aromatic N) is 2. The fourth-order valence-corrected chi connectivity index (χ4v) is 3.07. The van der Waals surface area contributed by atoms with Crippen LogP contribution in [0, 0.1) is 22.7 Å². The maximum Gasteiger partial charge on any atom is 0.0997 e. The fraction of sp³-hybridized carbons (Fsp3) is 0.529. The molecule has 2 unspecified atom stereocenters. The fourth-order valence-electron chi connectivity index (χ4n) is 2.47. The van der Waals surface area contributed by atoms with Gasteiger partial charge in [0.15, 0.2) is 0 Å². The molecule has 1 aromatic carbocycles. The van der Waals surface area contributed by atoms with Crippen molar-refractivity contribution in [3.8, 4) is 12.1 Å². The third kappa shape index (κ3) is 3.22. The smallest absolute Gasteiger partial charge is 0.0997 e. The predicted molar refractivity (Wildman–Crippen MR) is 85.6 cm³/mol. The quantitative estimate of drug-likeness (QED) is 0.723. The lowest BCUT2D eigenvalue weighted by atomic mass is 9.82. The number of benzene rings is 1. The third-order valence-corrected chi connectivity index (χ3v) is 4.78. The maximum atomic E-state index is 9.62. The van der Waals surface area contributed by atoms with Crippen LogP contribution in [0.4, 0.5) is 0 Å². The minimum atomic E-state index is 0.285. The minimum Gasteiger partial charge on any atom is -0.198 e. The largest absolute Gasteiger partial charge is 0.198 e. The van der Waals surface area contributed by atoms with Gasteiger partial charge in [-0.1, -0.05) is 43.6 Å². The van der Waals surface area contributed by atoms with Gasteiger partial charge in [-0.05, 0) is 47.4 Å². The van der Waals surface area contributed by atoms with E-state index in [9.17, 15) is 5.26 Å². The molecule has 2 atom stereocenters. The Morgan fingerprint density at radius 2 is 1.75 bits per heavy atom. The molecule has 20 heavy (non-hydrogen) atoms. The molecular weight excluding hydrogens is 312 g/mol. The van der Waals surface area contributed by atoms with E-state index in [4.69, 9.17) is 5.26 Å². The zero-order valence-corrected chi connectivity index (χ0v) is 14.2. The van der Waals surface area contributed by atoms with Crippen LogP contribution >= 0.6 is 15.9 Å². The summed E-state index contributed by atoms with van der Waals surface area (Å²) in [6, 6.07) is 6.64. The van der Waals surface area contributed by atoms with Crippen molar-refractivity contribution in [3.05, 3.63) is 32.8 Å². The molecule has 0 N–H and O–H groups in total. The van der Waals surface area contributed by atoms with E-state index >= 15 is 0 Å². The zero-order valence-electron chi connectivity index (χ0n) is 12.6. The van der Waals surface area contributed by atoms with E-state index < -0.39 is 0 Å². The molecule has 3 heteroatoms. The van der Waals surface area contributed by atoms with Crippen LogP contribution in [0.5, 0.6) is 0 Å². The van der Waals surface area contributed by atoms with Gasteiger partial charge in [-0.15, -0.1) is 0 Å². The first kappa shape index (κ1) is 16.7. The van der Waals surface area contributed by atoms with Crippen molar-refractivity contribution >= 4 is 15.9 Å². The van der Waals surface area contributed by atoms with Crippen LogP contribution in [-0.2, 0) is 6.42 Å². The Morgan fingerprint density at radius 3 is 2.20 bits per heavy atom. The Balaban J connectivity index is 3.68. The minimum absolute atomic E-state index is 0.285. The van der Waals surface area contributed by atoms with Crippen LogP contribution in [0.3, 0.4) is 0 Å². The number of halogens is 1. The highest BCUT2D eigenvalue weighted by atomic mass is 79.9. The monoisotopic (exact) mass is 332 g/mol. The first-order valence-electron chi connectivity index (χ1n) is 7.13. The molecule has 0 bridgehead atoms. The zero-order chi connectivity index (χ0) is 15.3. The van der Waals surface area contributed by atoms with E-state index in [0.717, 1.165) is 39.6 Å². The Hall–Kier alpha value is -1.32. The molecule has 0 aliphatic carbocycles. The summed E-state index contributed by atoms with van der Waals surface area (Å²) in [4.78, 5) is 0. The van der Waals surface area contributed by atoms with Crippen LogP contribution in [0.25, 0.3) is 0 Å². The van der Waals surface area contributed by atoms with Gasteiger partial charge >= 0.3 is 0 Å². The SMILES string of the molecule is CCC(C)c1cc(Br)c(CC#N)c(C(C)CC)c1C#N. The van der Waals surface area contributed by atoms with Crippen molar-refractivity contribution < 1.29 is 0 Å². The molecule has 0 aromatic heterocycles. The summed E-state index contributed by atoms with van der Waals surface area (Å²) in [5.74, 6) is 0.633. The molecule has 0 amide bonds. The molecule has 1 rings (SSSR count). The van der Waals surface area contributed by atoms with E-state index in [1.165, 1.54) is 0 Å². The second-order valence-corrected chi connectivity index (χ2v) is 6.13. The number of rotatable bonds is 5. The molecule has 1 aromatic rings. The summed E-state index contributed by atoms with van der Waals surface area (Å²) in [5.41, 5.74) is 3.91. The average Bonchev–Trinajstić information content (AvgIpc) is 2.46. The summed E-state index contributed by atoms with van der Waals surface area (Å²) < 4.78 is 0.962. The van der Waals surface area contributed by atoms with E-state index in [2.05, 4.69) is 55.8 Å². The highest BCUT2D eigenvalue weighted by Crippen LogP contribution is 2.37. The van der Waals surface area contributed by atoms with Crippen LogP contribution in [0.15, 0.2) is 10.5 Å². The highest BCUT2D eigenvalue weighted by molar-refractivity contribution is 9.10. The lowest BCUT2D eigenvalue weighted by molar-refractivity contribution is 0.700. The molecule has 0 aliphatic rings. The van der Waals surface area contributed by atoms with Gasteiger partial charge in [-0.2, -0.15) is 10.5 Å². The van der Waals surface area contributed by atoms with E-state index in [1.807, 2.05) is 6.07 Å². The van der Waals surface area contributed by atoms with Crippen LogP contribution in [0.1, 0.15) is 74.6 Å². The predicted octanol–water partition coefficient (Wildman–Crippen LogP) is 5.41. The maximum absolute atomic E-state index is 9.62. The Morgan fingerprint density at radius 1 is 1.15 bits per heavy atom. The standard InChI is InChI=1S/C17H21BrN2/c1-5-11(3)14-9-16(18)13(7-8-19)17(12(4)6-2)15(14)10-20/h9,11-12H,5-7H2,1-4H3. The number of nitriles is 2. The number of hydrogen-bond acceptors (Lipinski definition) is 2. The number of hydrogen-bond donors (Lipinski definition) is 0. The van der Waals surface area contributed by atoms with Gasteiger partial charge in [0, 0.05) is 4.47 Å². The van der Waals surface area contributed by atoms with E-state index in [1.54, 1.807) is 0 Å². The molecule has 0 saturated heterocycles. The molecule has 0 spiro atoms. The molecular formula is C17H21BrN2. The van der Waals surface area contributed by atoms with Gasteiger partial charge in [-0.25, -0.2) is 0 Å². The lowest BCUT2D eigenvalue weighted by Crippen LogP contribution is -2.08. The van der Waals surface area contributed by atoms with Gasteiger partial charge in [0.05, 0.1) is 24.1 Å². The third-order valence-electron chi connectivity index (χ3n) is 4.07. The summed E-state index contributed by atoms with van der Waals surface area (Å²) in [5, 5.41) is 18.7. The lowest BCUT2D eigenvalue weighted by Gasteiger charge is -2.22. The first-order chi connectivity index (χ1) is 9.51. The van der Waals surface area contributed by atoms with Crippen molar-refractivity contribution in [1.82, 2.24) is 0 Å². The topological polar surface area (TPSA) is 47.6 Å². The summed E-state index contributed by atoms with van der Waals surface area (Å²) in [6.45, 7) is 8.52.